The topological polar surface area (TPSA) is 80.9 Å². The van der Waals surface area contributed by atoms with Gasteiger partial charge in [0.15, 0.2) is 5.71 Å². The molecule has 0 aliphatic carbocycles. The van der Waals surface area contributed by atoms with Crippen LogP contribution in [0.5, 0.6) is 0 Å². The molecule has 0 unspecified atom stereocenters. The molecule has 0 saturated carbocycles. The van der Waals surface area contributed by atoms with E-state index in [1.54, 1.807) is 0 Å². The summed E-state index contributed by atoms with van der Waals surface area (Å²) in [6, 6.07) is 26.2. The Hall–Kier alpha value is -4.71. The Labute approximate surface area is 290 Å². The SMILES string of the molecule is CC1(C)C(/C=C/C=C2\N(CCCCCC(=O)O)c3ccc4ccccc4c3C2(C)C)=[N+](CCCCCC(=O)O)c2ccc3ccccc3c21. The second kappa shape index (κ2) is 14.0. The van der Waals surface area contributed by atoms with Crippen molar-refractivity contribution in [2.45, 2.75) is 89.9 Å². The van der Waals surface area contributed by atoms with Crippen molar-refractivity contribution in [3.63, 3.8) is 0 Å². The van der Waals surface area contributed by atoms with Gasteiger partial charge in [-0.3, -0.25) is 9.59 Å². The third kappa shape index (κ3) is 6.66. The van der Waals surface area contributed by atoms with Crippen LogP contribution in [0.25, 0.3) is 21.5 Å². The smallest absolute Gasteiger partial charge is 0.303 e. The molecule has 0 spiro atoms. The lowest BCUT2D eigenvalue weighted by atomic mass is 9.79. The molecule has 0 saturated heterocycles. The van der Waals surface area contributed by atoms with Gasteiger partial charge in [-0.15, -0.1) is 0 Å². The van der Waals surface area contributed by atoms with E-state index >= 15 is 0 Å². The summed E-state index contributed by atoms with van der Waals surface area (Å²) in [7, 11) is 0. The summed E-state index contributed by atoms with van der Waals surface area (Å²) < 4.78 is 2.46. The van der Waals surface area contributed by atoms with Gasteiger partial charge in [-0.25, -0.2) is 0 Å². The Kier molecular flexibility index (Phi) is 9.78. The lowest BCUT2D eigenvalue weighted by Gasteiger charge is -2.27. The van der Waals surface area contributed by atoms with Gasteiger partial charge >= 0.3 is 11.9 Å². The van der Waals surface area contributed by atoms with E-state index < -0.39 is 11.9 Å². The summed E-state index contributed by atoms with van der Waals surface area (Å²) in [5, 5.41) is 23.3. The largest absolute Gasteiger partial charge is 0.481 e. The summed E-state index contributed by atoms with van der Waals surface area (Å²) in [6.45, 7) is 10.9. The molecule has 0 amide bonds. The van der Waals surface area contributed by atoms with Crippen molar-refractivity contribution in [2.75, 3.05) is 18.0 Å². The molecule has 6 nitrogen and oxygen atoms in total. The third-order valence-corrected chi connectivity index (χ3v) is 10.6. The molecule has 4 aromatic rings. The number of unbranched alkanes of at least 4 members (excludes halogenated alkanes) is 4. The van der Waals surface area contributed by atoms with E-state index in [1.165, 1.54) is 55.5 Å². The first-order valence-corrected chi connectivity index (χ1v) is 17.8. The molecule has 6 rings (SSSR count). The Balaban J connectivity index is 1.38. The lowest BCUT2D eigenvalue weighted by molar-refractivity contribution is -0.438. The molecule has 2 N–H and O–H groups in total. The molecule has 0 fully saturated rings. The van der Waals surface area contributed by atoms with Gasteiger partial charge in [0.25, 0.3) is 0 Å². The van der Waals surface area contributed by atoms with Gasteiger partial charge in [-0.05, 0) is 84.8 Å². The molecule has 2 aliphatic heterocycles. The van der Waals surface area contributed by atoms with Crippen LogP contribution in [0.15, 0.2) is 96.7 Å². The fraction of sp³-hybridized carbons (Fsp3) is 0.372. The van der Waals surface area contributed by atoms with Crippen molar-refractivity contribution in [1.82, 2.24) is 0 Å². The molecule has 4 aromatic carbocycles. The van der Waals surface area contributed by atoms with Crippen molar-refractivity contribution in [1.29, 1.82) is 0 Å². The minimum absolute atomic E-state index is 0.209. The minimum Gasteiger partial charge on any atom is -0.481 e. The Morgan fingerprint density at radius 1 is 0.694 bits per heavy atom. The van der Waals surface area contributed by atoms with Crippen LogP contribution in [-0.2, 0) is 20.4 Å². The van der Waals surface area contributed by atoms with Gasteiger partial charge in [0.2, 0.25) is 5.69 Å². The van der Waals surface area contributed by atoms with Crippen LogP contribution in [-0.4, -0.2) is 45.5 Å². The number of nitrogens with zero attached hydrogens (tertiary/aromatic N) is 2. The number of fused-ring (bicyclic) bond motifs is 6. The first-order chi connectivity index (χ1) is 23.5. The molecule has 0 aromatic heterocycles. The number of carboxylic acids is 2. The van der Waals surface area contributed by atoms with Gasteiger partial charge in [0.05, 0.1) is 5.41 Å². The number of allylic oxidation sites excluding steroid dienone is 4. The molecule has 2 aliphatic rings. The van der Waals surface area contributed by atoms with Crippen LogP contribution >= 0.6 is 0 Å². The minimum atomic E-state index is -0.735. The van der Waals surface area contributed by atoms with Gasteiger partial charge in [-0.2, -0.15) is 4.58 Å². The van der Waals surface area contributed by atoms with Crippen molar-refractivity contribution < 1.29 is 24.4 Å². The molecule has 0 radical (unpaired) electrons. The first-order valence-electron chi connectivity index (χ1n) is 17.8. The van der Waals surface area contributed by atoms with E-state index in [-0.39, 0.29) is 23.7 Å². The molecule has 254 valence electrons. The van der Waals surface area contributed by atoms with E-state index in [1.807, 2.05) is 0 Å². The third-order valence-electron chi connectivity index (χ3n) is 10.6. The van der Waals surface area contributed by atoms with E-state index in [0.29, 0.717) is 12.8 Å². The fourth-order valence-electron chi connectivity index (χ4n) is 8.23. The maximum absolute atomic E-state index is 11.1. The van der Waals surface area contributed by atoms with E-state index in [4.69, 9.17) is 10.2 Å². The standard InChI is InChI=1S/C43H48N2O4/c1-42(2)36(44(28-13-5-7-22-38(46)47)34-26-24-30-16-9-11-18-32(30)40(34)42)20-15-21-37-43(3,4)41-33-19-12-10-17-31(33)25-27-35(41)45(37)29-14-6-8-23-39(48)49/h9-12,15-21,24-27H,5-8,13-14,22-23,28-29H2,1-4H3,(H-,46,47,48,49)/p+1. The Morgan fingerprint density at radius 3 is 1.94 bits per heavy atom. The number of carbonyl (C=O) groups is 2. The predicted molar refractivity (Wildman–Crippen MR) is 201 cm³/mol. The van der Waals surface area contributed by atoms with E-state index in [0.717, 1.165) is 38.8 Å². The number of aliphatic carboxylic acids is 2. The van der Waals surface area contributed by atoms with Gasteiger partial charge in [0, 0.05) is 60.3 Å². The Bertz CT molecular complexity index is 2000. The number of rotatable bonds is 14. The quantitative estimate of drug-likeness (QED) is 0.104. The average Bonchev–Trinajstić information content (AvgIpc) is 3.42. The van der Waals surface area contributed by atoms with Crippen LogP contribution in [0.1, 0.15) is 90.2 Å². The predicted octanol–water partition coefficient (Wildman–Crippen LogP) is 9.90. The second-order valence-electron chi connectivity index (χ2n) is 14.6. The van der Waals surface area contributed by atoms with Crippen LogP contribution in [0.4, 0.5) is 11.4 Å². The highest BCUT2D eigenvalue weighted by Gasteiger charge is 2.45. The molecular weight excluding hydrogens is 608 g/mol. The molecule has 6 heteroatoms. The average molecular weight is 658 g/mol. The highest BCUT2D eigenvalue weighted by atomic mass is 16.4. The summed E-state index contributed by atoms with van der Waals surface area (Å²) in [5.41, 5.74) is 7.16. The highest BCUT2D eigenvalue weighted by molar-refractivity contribution is 6.07. The van der Waals surface area contributed by atoms with Gasteiger partial charge in [0.1, 0.15) is 6.54 Å². The van der Waals surface area contributed by atoms with Crippen LogP contribution < -0.4 is 4.90 Å². The highest BCUT2D eigenvalue weighted by Crippen LogP contribution is 2.51. The second-order valence-corrected chi connectivity index (χ2v) is 14.6. The first kappa shape index (κ1) is 34.2. The molecular formula is C43H49N2O4+. The summed E-state index contributed by atoms with van der Waals surface area (Å²) in [6.07, 6.45) is 12.2. The van der Waals surface area contributed by atoms with Crippen molar-refractivity contribution in [2.24, 2.45) is 0 Å². The number of anilines is 1. The molecule has 0 atom stereocenters. The zero-order valence-corrected chi connectivity index (χ0v) is 29.3. The summed E-state index contributed by atoms with van der Waals surface area (Å²) in [4.78, 5) is 24.7. The molecule has 2 heterocycles. The number of hydrogen-bond acceptors (Lipinski definition) is 3. The van der Waals surface area contributed by atoms with Gasteiger partial charge < -0.3 is 15.1 Å². The van der Waals surface area contributed by atoms with Crippen molar-refractivity contribution in [3.05, 3.63) is 108 Å². The van der Waals surface area contributed by atoms with E-state index in [9.17, 15) is 9.59 Å². The zero-order chi connectivity index (χ0) is 34.8. The number of carboxylic acid groups (broad SMARTS) is 2. The zero-order valence-electron chi connectivity index (χ0n) is 29.3. The maximum atomic E-state index is 11.1. The fourth-order valence-corrected chi connectivity index (χ4v) is 8.23. The normalized spacial score (nSPS) is 17.1. The Morgan fingerprint density at radius 2 is 1.29 bits per heavy atom. The number of benzene rings is 4. The maximum Gasteiger partial charge on any atom is 0.303 e. The van der Waals surface area contributed by atoms with Crippen molar-refractivity contribution >= 4 is 50.6 Å². The summed E-state index contributed by atoms with van der Waals surface area (Å²) >= 11 is 0. The molecule has 0 bridgehead atoms. The molecule has 49 heavy (non-hydrogen) atoms. The monoisotopic (exact) mass is 657 g/mol. The van der Waals surface area contributed by atoms with Gasteiger partial charge in [-0.1, -0.05) is 80.9 Å². The van der Waals surface area contributed by atoms with E-state index in [2.05, 4.69) is 128 Å². The summed E-state index contributed by atoms with van der Waals surface area (Å²) in [5.74, 6) is -1.47. The van der Waals surface area contributed by atoms with Crippen molar-refractivity contribution in [3.8, 4) is 0 Å². The number of hydrogen-bond donors (Lipinski definition) is 2. The lowest BCUT2D eigenvalue weighted by Crippen LogP contribution is -2.28. The van der Waals surface area contributed by atoms with Crippen LogP contribution in [0.2, 0.25) is 0 Å². The van der Waals surface area contributed by atoms with Crippen LogP contribution in [0.3, 0.4) is 0 Å². The van der Waals surface area contributed by atoms with Crippen LogP contribution in [0, 0.1) is 0 Å².